The van der Waals surface area contributed by atoms with Gasteiger partial charge in [0.15, 0.2) is 17.6 Å². The Balaban J connectivity index is 1.93. The normalized spacial score (nSPS) is 15.8. The van der Waals surface area contributed by atoms with Crippen LogP contribution in [0.3, 0.4) is 0 Å². The number of nitrogens with zero attached hydrogens (tertiary/aromatic N) is 2. The van der Waals surface area contributed by atoms with Gasteiger partial charge in [0.25, 0.3) is 0 Å². The lowest BCUT2D eigenvalue weighted by molar-refractivity contribution is -0.149. The van der Waals surface area contributed by atoms with E-state index in [-0.39, 0.29) is 11.9 Å². The van der Waals surface area contributed by atoms with Crippen LogP contribution in [0, 0.1) is 17.6 Å². The average Bonchev–Trinajstić information content (AvgIpc) is 2.65. The van der Waals surface area contributed by atoms with E-state index in [2.05, 4.69) is 15.2 Å². The Kier molecular flexibility index (Phi) is 7.81. The monoisotopic (exact) mass is 367 g/mol. The van der Waals surface area contributed by atoms with Crippen molar-refractivity contribution in [3.63, 3.8) is 0 Å². The Morgan fingerprint density at radius 2 is 2.04 bits per heavy atom. The number of halogens is 2. The first kappa shape index (κ1) is 20.1. The Bertz CT molecular complexity index is 629. The number of carbonyl (C=O) groups excluding carboxylic acids is 1. The number of aliphatic imine (C=N–C) groups is 1. The quantitative estimate of drug-likeness (QED) is 0.477. The summed E-state index contributed by atoms with van der Waals surface area (Å²) in [5, 5.41) is 3.23. The largest absolute Gasteiger partial charge is 0.466 e. The van der Waals surface area contributed by atoms with E-state index in [1.54, 1.807) is 6.07 Å². The summed E-state index contributed by atoms with van der Waals surface area (Å²) < 4.78 is 32.1. The van der Waals surface area contributed by atoms with Gasteiger partial charge in [0.1, 0.15) is 0 Å². The van der Waals surface area contributed by atoms with Crippen molar-refractivity contribution in [1.29, 1.82) is 0 Å². The molecule has 0 aliphatic carbocycles. The molecule has 0 aromatic heterocycles. The highest BCUT2D eigenvalue weighted by Gasteiger charge is 2.27. The van der Waals surface area contributed by atoms with Crippen LogP contribution >= 0.6 is 0 Å². The fourth-order valence-corrected chi connectivity index (χ4v) is 3.04. The number of benzene rings is 1. The number of ether oxygens (including phenoxy) is 1. The summed E-state index contributed by atoms with van der Waals surface area (Å²) in [4.78, 5) is 18.5. The van der Waals surface area contributed by atoms with Crippen molar-refractivity contribution >= 4 is 11.9 Å². The van der Waals surface area contributed by atoms with Crippen molar-refractivity contribution < 1.29 is 18.3 Å². The van der Waals surface area contributed by atoms with E-state index in [0.717, 1.165) is 24.9 Å². The molecule has 0 amide bonds. The molecule has 0 unspecified atom stereocenters. The molecule has 5 nitrogen and oxygen atoms in total. The molecule has 1 saturated heterocycles. The van der Waals surface area contributed by atoms with Gasteiger partial charge >= 0.3 is 5.97 Å². The number of guanidine groups is 1. The van der Waals surface area contributed by atoms with Gasteiger partial charge in [-0.1, -0.05) is 12.1 Å². The minimum atomic E-state index is -0.834. The highest BCUT2D eigenvalue weighted by molar-refractivity contribution is 5.80. The first-order chi connectivity index (χ1) is 12.6. The van der Waals surface area contributed by atoms with Gasteiger partial charge in [-0.15, -0.1) is 0 Å². The predicted octanol–water partition coefficient (Wildman–Crippen LogP) is 2.75. The number of hydrogen-bond acceptors (Lipinski definition) is 3. The molecule has 2 rings (SSSR count). The lowest BCUT2D eigenvalue weighted by Crippen LogP contribution is -2.46. The van der Waals surface area contributed by atoms with E-state index in [9.17, 15) is 13.6 Å². The van der Waals surface area contributed by atoms with Gasteiger partial charge in [-0.2, -0.15) is 0 Å². The molecule has 26 heavy (non-hydrogen) atoms. The number of hydrogen-bond donors (Lipinski definition) is 1. The second-order valence-electron chi connectivity index (χ2n) is 6.21. The molecule has 7 heteroatoms. The summed E-state index contributed by atoms with van der Waals surface area (Å²) in [6.07, 6.45) is 1.78. The van der Waals surface area contributed by atoms with E-state index in [0.29, 0.717) is 44.8 Å². The highest BCUT2D eigenvalue weighted by Crippen LogP contribution is 2.19. The average molecular weight is 367 g/mol. The Morgan fingerprint density at radius 1 is 1.31 bits per heavy atom. The lowest BCUT2D eigenvalue weighted by Gasteiger charge is -2.33. The van der Waals surface area contributed by atoms with Gasteiger partial charge in [0, 0.05) is 26.2 Å². The first-order valence-corrected chi connectivity index (χ1v) is 9.19. The van der Waals surface area contributed by atoms with E-state index < -0.39 is 11.6 Å². The molecular weight excluding hydrogens is 340 g/mol. The SMILES string of the molecule is CCNC(=NCCc1cccc(F)c1F)N1CCC(C(=O)OCC)CC1. The number of carbonyl (C=O) groups is 1. The van der Waals surface area contributed by atoms with Gasteiger partial charge in [-0.05, 0) is 44.7 Å². The second kappa shape index (κ2) is 10.1. The maximum absolute atomic E-state index is 13.7. The smallest absolute Gasteiger partial charge is 0.309 e. The molecule has 1 aliphatic heterocycles. The minimum Gasteiger partial charge on any atom is -0.466 e. The Hall–Kier alpha value is -2.18. The fraction of sp³-hybridized carbons (Fsp3) is 0.579. The summed E-state index contributed by atoms with van der Waals surface area (Å²) in [6, 6.07) is 4.19. The van der Waals surface area contributed by atoms with Crippen molar-refractivity contribution in [2.24, 2.45) is 10.9 Å². The highest BCUT2D eigenvalue weighted by atomic mass is 19.2. The third-order valence-corrected chi connectivity index (χ3v) is 4.42. The van der Waals surface area contributed by atoms with E-state index in [1.165, 1.54) is 6.07 Å². The minimum absolute atomic E-state index is 0.0598. The van der Waals surface area contributed by atoms with Gasteiger partial charge in [-0.25, -0.2) is 8.78 Å². The zero-order chi connectivity index (χ0) is 18.9. The van der Waals surface area contributed by atoms with Crippen molar-refractivity contribution in [2.45, 2.75) is 33.1 Å². The molecule has 1 aliphatic rings. The van der Waals surface area contributed by atoms with Crippen LogP contribution in [0.25, 0.3) is 0 Å². The molecule has 1 fully saturated rings. The van der Waals surface area contributed by atoms with Crippen LogP contribution in [0.5, 0.6) is 0 Å². The molecule has 0 spiro atoms. The zero-order valence-electron chi connectivity index (χ0n) is 15.4. The molecule has 1 heterocycles. The van der Waals surface area contributed by atoms with Crippen LogP contribution in [0.4, 0.5) is 8.78 Å². The van der Waals surface area contributed by atoms with E-state index >= 15 is 0 Å². The van der Waals surface area contributed by atoms with Gasteiger partial charge in [-0.3, -0.25) is 9.79 Å². The standard InChI is InChI=1S/C19H27F2N3O2/c1-3-22-19(23-11-8-14-6-5-7-16(20)17(14)21)24-12-9-15(10-13-24)18(25)26-4-2/h5-7,15H,3-4,8-13H2,1-2H3,(H,22,23). The molecule has 1 aromatic carbocycles. The maximum Gasteiger partial charge on any atom is 0.309 e. The maximum atomic E-state index is 13.7. The van der Waals surface area contributed by atoms with Crippen LogP contribution < -0.4 is 5.32 Å². The number of nitrogens with one attached hydrogen (secondary N) is 1. The van der Waals surface area contributed by atoms with Crippen molar-refractivity contribution in [3.05, 3.63) is 35.4 Å². The first-order valence-electron chi connectivity index (χ1n) is 9.19. The topological polar surface area (TPSA) is 53.9 Å². The van der Waals surface area contributed by atoms with E-state index in [4.69, 9.17) is 4.74 Å². The number of likely N-dealkylation sites (tertiary alicyclic amines) is 1. The van der Waals surface area contributed by atoms with Gasteiger partial charge in [0.2, 0.25) is 0 Å². The fourth-order valence-electron chi connectivity index (χ4n) is 3.04. The summed E-state index contributed by atoms with van der Waals surface area (Å²) in [5.41, 5.74) is 0.325. The number of piperidine rings is 1. The second-order valence-corrected chi connectivity index (χ2v) is 6.21. The summed E-state index contributed by atoms with van der Waals surface area (Å²) in [5.74, 6) is -1.08. The van der Waals surface area contributed by atoms with Gasteiger partial charge in [0.05, 0.1) is 12.5 Å². The summed E-state index contributed by atoms with van der Waals surface area (Å²) >= 11 is 0. The molecule has 0 bridgehead atoms. The van der Waals surface area contributed by atoms with E-state index in [1.807, 2.05) is 13.8 Å². The zero-order valence-corrected chi connectivity index (χ0v) is 15.4. The predicted molar refractivity (Wildman–Crippen MR) is 97.0 cm³/mol. The van der Waals surface area contributed by atoms with Crippen LogP contribution in [0.15, 0.2) is 23.2 Å². The lowest BCUT2D eigenvalue weighted by atomic mass is 9.97. The third kappa shape index (κ3) is 5.41. The molecular formula is C19H27F2N3O2. The third-order valence-electron chi connectivity index (χ3n) is 4.42. The van der Waals surface area contributed by atoms with Gasteiger partial charge < -0.3 is 15.0 Å². The molecule has 0 radical (unpaired) electrons. The number of rotatable bonds is 6. The van der Waals surface area contributed by atoms with Crippen LogP contribution in [-0.2, 0) is 16.0 Å². The van der Waals surface area contributed by atoms with Crippen molar-refractivity contribution in [2.75, 3.05) is 32.8 Å². The van der Waals surface area contributed by atoms with Crippen LogP contribution in [-0.4, -0.2) is 49.6 Å². The Labute approximate surface area is 153 Å². The van der Waals surface area contributed by atoms with Crippen LogP contribution in [0.1, 0.15) is 32.3 Å². The molecule has 144 valence electrons. The number of esters is 1. The van der Waals surface area contributed by atoms with Crippen LogP contribution in [0.2, 0.25) is 0 Å². The van der Waals surface area contributed by atoms with Crippen molar-refractivity contribution in [1.82, 2.24) is 10.2 Å². The molecule has 0 atom stereocenters. The van der Waals surface area contributed by atoms with Crippen molar-refractivity contribution in [3.8, 4) is 0 Å². The molecule has 0 saturated carbocycles. The Morgan fingerprint density at radius 3 is 2.69 bits per heavy atom. The molecule has 1 N–H and O–H groups in total. The molecule has 1 aromatic rings. The summed E-state index contributed by atoms with van der Waals surface area (Å²) in [7, 11) is 0. The summed E-state index contributed by atoms with van der Waals surface area (Å²) in [6.45, 7) is 6.69.